The lowest BCUT2D eigenvalue weighted by atomic mass is 10.2. The van der Waals surface area contributed by atoms with Gasteiger partial charge in [0.1, 0.15) is 5.82 Å². The monoisotopic (exact) mass is 374 g/mol. The van der Waals surface area contributed by atoms with E-state index in [1.54, 1.807) is 42.2 Å². The van der Waals surface area contributed by atoms with E-state index in [1.165, 1.54) is 4.90 Å². The molecule has 0 bridgehead atoms. The molecule has 2 heterocycles. The van der Waals surface area contributed by atoms with Crippen molar-refractivity contribution in [1.29, 1.82) is 0 Å². The Kier molecular flexibility index (Phi) is 5.01. The van der Waals surface area contributed by atoms with E-state index in [2.05, 4.69) is 29.1 Å². The minimum absolute atomic E-state index is 0.0490. The summed E-state index contributed by atoms with van der Waals surface area (Å²) in [5.41, 5.74) is 1.52. The number of nitrogens with zero attached hydrogens (tertiary/aromatic N) is 3. The van der Waals surface area contributed by atoms with Crippen molar-refractivity contribution >= 4 is 46.1 Å². The molecule has 0 fully saturated rings. The van der Waals surface area contributed by atoms with Crippen molar-refractivity contribution in [2.24, 2.45) is 4.99 Å². The summed E-state index contributed by atoms with van der Waals surface area (Å²) >= 11 is 7.58. The number of halogens is 1. The van der Waals surface area contributed by atoms with E-state index in [0.29, 0.717) is 28.2 Å². The molecule has 130 valence electrons. The van der Waals surface area contributed by atoms with Gasteiger partial charge in [-0.25, -0.2) is 14.7 Å². The first-order valence-electron chi connectivity index (χ1n) is 7.87. The number of hydrogen-bond acceptors (Lipinski definition) is 4. The zero-order chi connectivity index (χ0) is 18.0. The maximum Gasteiger partial charge on any atom is 0.333 e. The van der Waals surface area contributed by atoms with Crippen LogP contribution in [0.15, 0.2) is 47.6 Å². The average Bonchev–Trinajstić information content (AvgIpc) is 2.89. The highest BCUT2D eigenvalue weighted by Gasteiger charge is 2.34. The predicted molar refractivity (Wildman–Crippen MR) is 106 cm³/mol. The standard InChI is InChI=1S/C18H19ClN4OS/c1-12-6-5-9-20-15(12)23(17-21-11-18(2,3)25-17)16(24)22-14-8-4-7-13(19)10-14/h4-10H,11H2,1-3H3,(H,22,24). The smallest absolute Gasteiger partial charge is 0.307 e. The largest absolute Gasteiger partial charge is 0.333 e. The number of pyridine rings is 1. The highest BCUT2D eigenvalue weighted by atomic mass is 35.5. The number of rotatable bonds is 2. The summed E-state index contributed by atoms with van der Waals surface area (Å²) in [5, 5.41) is 4.09. The van der Waals surface area contributed by atoms with E-state index >= 15 is 0 Å². The number of carbonyl (C=O) groups is 1. The lowest BCUT2D eigenvalue weighted by Gasteiger charge is -2.24. The van der Waals surface area contributed by atoms with Gasteiger partial charge in [-0.2, -0.15) is 0 Å². The number of amidine groups is 1. The van der Waals surface area contributed by atoms with Crippen molar-refractivity contribution in [3.8, 4) is 0 Å². The topological polar surface area (TPSA) is 57.6 Å². The molecule has 1 aliphatic rings. The average molecular weight is 375 g/mol. The number of nitrogens with one attached hydrogen (secondary N) is 1. The highest BCUT2D eigenvalue weighted by molar-refractivity contribution is 8.15. The Morgan fingerprint density at radius 1 is 1.32 bits per heavy atom. The fourth-order valence-corrected chi connectivity index (χ4v) is 3.62. The van der Waals surface area contributed by atoms with E-state index in [4.69, 9.17) is 11.6 Å². The van der Waals surface area contributed by atoms with Crippen molar-refractivity contribution in [3.63, 3.8) is 0 Å². The van der Waals surface area contributed by atoms with E-state index < -0.39 is 0 Å². The van der Waals surface area contributed by atoms with Crippen LogP contribution in [0.25, 0.3) is 0 Å². The second kappa shape index (κ2) is 7.06. The second-order valence-electron chi connectivity index (χ2n) is 6.38. The molecule has 25 heavy (non-hydrogen) atoms. The van der Waals surface area contributed by atoms with Gasteiger partial charge in [-0.3, -0.25) is 4.99 Å². The third-order valence-electron chi connectivity index (χ3n) is 3.63. The minimum Gasteiger partial charge on any atom is -0.307 e. The summed E-state index contributed by atoms with van der Waals surface area (Å²) in [6.45, 7) is 6.78. The Hall–Kier alpha value is -2.05. The van der Waals surface area contributed by atoms with Crippen molar-refractivity contribution in [3.05, 3.63) is 53.2 Å². The molecule has 0 radical (unpaired) electrons. The molecule has 0 unspecified atom stereocenters. The zero-order valence-corrected chi connectivity index (χ0v) is 15.9. The minimum atomic E-state index is -0.312. The Morgan fingerprint density at radius 2 is 2.12 bits per heavy atom. The summed E-state index contributed by atoms with van der Waals surface area (Å²) in [7, 11) is 0. The second-order valence-corrected chi connectivity index (χ2v) is 8.49. The van der Waals surface area contributed by atoms with Crippen LogP contribution in [0.5, 0.6) is 0 Å². The van der Waals surface area contributed by atoms with Crippen LogP contribution in [0, 0.1) is 6.92 Å². The van der Waals surface area contributed by atoms with E-state index in [1.807, 2.05) is 19.1 Å². The SMILES string of the molecule is Cc1cccnc1N(C(=O)Nc1cccc(Cl)c1)C1=NCC(C)(C)S1. The van der Waals surface area contributed by atoms with Crippen molar-refractivity contribution in [1.82, 2.24) is 4.98 Å². The first kappa shape index (κ1) is 17.8. The summed E-state index contributed by atoms with van der Waals surface area (Å²) in [4.78, 5) is 23.5. The Labute approximate surface area is 156 Å². The first-order chi connectivity index (χ1) is 11.9. The molecule has 0 saturated heterocycles. The Balaban J connectivity index is 1.94. The molecule has 2 amide bonds. The third kappa shape index (κ3) is 4.14. The quantitative estimate of drug-likeness (QED) is 0.807. The van der Waals surface area contributed by atoms with Crippen LogP contribution in [0.2, 0.25) is 5.02 Å². The molecule has 1 aliphatic heterocycles. The molecule has 0 saturated carbocycles. The molecule has 7 heteroatoms. The Bertz CT molecular complexity index is 837. The van der Waals surface area contributed by atoms with Crippen LogP contribution >= 0.6 is 23.4 Å². The number of amides is 2. The first-order valence-corrected chi connectivity index (χ1v) is 9.07. The van der Waals surface area contributed by atoms with Crippen LogP contribution in [0.1, 0.15) is 19.4 Å². The van der Waals surface area contributed by atoms with Gasteiger partial charge in [-0.15, -0.1) is 0 Å². The van der Waals surface area contributed by atoms with Crippen molar-refractivity contribution < 1.29 is 4.79 Å². The van der Waals surface area contributed by atoms with Crippen molar-refractivity contribution in [2.75, 3.05) is 16.8 Å². The van der Waals surface area contributed by atoms with E-state index in [9.17, 15) is 4.79 Å². The van der Waals surface area contributed by atoms with Crippen LogP contribution in [-0.4, -0.2) is 27.5 Å². The van der Waals surface area contributed by atoms with E-state index in [-0.39, 0.29) is 10.8 Å². The molecule has 0 atom stereocenters. The van der Waals surface area contributed by atoms with Crippen LogP contribution in [0.4, 0.5) is 16.3 Å². The number of aromatic nitrogens is 1. The number of anilines is 2. The van der Waals surface area contributed by atoms with Gasteiger partial charge in [0.2, 0.25) is 0 Å². The number of aryl methyl sites for hydroxylation is 1. The maximum absolute atomic E-state index is 13.0. The Morgan fingerprint density at radius 3 is 2.76 bits per heavy atom. The lowest BCUT2D eigenvalue weighted by molar-refractivity contribution is 0.259. The molecule has 1 N–H and O–H groups in total. The molecule has 0 aliphatic carbocycles. The van der Waals surface area contributed by atoms with Gasteiger partial charge in [-0.05, 0) is 50.6 Å². The number of urea groups is 1. The molecular formula is C18H19ClN4OS. The van der Waals surface area contributed by atoms with Crippen LogP contribution in [0.3, 0.4) is 0 Å². The summed E-state index contributed by atoms with van der Waals surface area (Å²) in [6.07, 6.45) is 1.67. The lowest BCUT2D eigenvalue weighted by Crippen LogP contribution is -2.39. The molecule has 1 aromatic heterocycles. The van der Waals surface area contributed by atoms with Gasteiger partial charge in [-0.1, -0.05) is 35.5 Å². The summed E-state index contributed by atoms with van der Waals surface area (Å²) < 4.78 is -0.0490. The highest BCUT2D eigenvalue weighted by Crippen LogP contribution is 2.35. The predicted octanol–water partition coefficient (Wildman–Crippen LogP) is 4.96. The van der Waals surface area contributed by atoms with E-state index in [0.717, 1.165) is 5.56 Å². The molecule has 3 rings (SSSR count). The van der Waals surface area contributed by atoms with Gasteiger partial charge in [0.25, 0.3) is 0 Å². The fourth-order valence-electron chi connectivity index (χ4n) is 2.42. The van der Waals surface area contributed by atoms with Gasteiger partial charge < -0.3 is 5.32 Å². The number of thioether (sulfide) groups is 1. The molecule has 2 aromatic rings. The summed E-state index contributed by atoms with van der Waals surface area (Å²) in [5.74, 6) is 0.575. The normalized spacial score (nSPS) is 15.6. The fraction of sp³-hybridized carbons (Fsp3) is 0.278. The number of aliphatic imine (C=N–C) groups is 1. The zero-order valence-electron chi connectivity index (χ0n) is 14.3. The molecular weight excluding hydrogens is 356 g/mol. The van der Waals surface area contributed by atoms with Gasteiger partial charge in [0.05, 0.1) is 6.54 Å². The van der Waals surface area contributed by atoms with Gasteiger partial charge in [0, 0.05) is 21.7 Å². The van der Waals surface area contributed by atoms with Crippen LogP contribution < -0.4 is 10.2 Å². The number of carbonyl (C=O) groups excluding carboxylic acids is 1. The number of benzene rings is 1. The van der Waals surface area contributed by atoms with Gasteiger partial charge in [0.15, 0.2) is 5.17 Å². The maximum atomic E-state index is 13.0. The summed E-state index contributed by atoms with van der Waals surface area (Å²) in [6, 6.07) is 10.5. The molecule has 1 aromatic carbocycles. The molecule has 5 nitrogen and oxygen atoms in total. The van der Waals surface area contributed by atoms with Crippen molar-refractivity contribution in [2.45, 2.75) is 25.5 Å². The van der Waals surface area contributed by atoms with Gasteiger partial charge >= 0.3 is 6.03 Å². The van der Waals surface area contributed by atoms with Crippen LogP contribution in [-0.2, 0) is 0 Å². The number of hydrogen-bond donors (Lipinski definition) is 1. The molecule has 0 spiro atoms. The third-order valence-corrected chi connectivity index (χ3v) is 5.04.